The summed E-state index contributed by atoms with van der Waals surface area (Å²) in [6.07, 6.45) is 65.6. The van der Waals surface area contributed by atoms with Crippen LogP contribution in [0.5, 0.6) is 0 Å². The molecule has 0 fully saturated rings. The smallest absolute Gasteiger partial charge is 0.306 e. The molecule has 0 amide bonds. The summed E-state index contributed by atoms with van der Waals surface area (Å²) < 4.78 is 16.8. The molecule has 1 unspecified atom stereocenters. The van der Waals surface area contributed by atoms with Crippen LogP contribution in [0.3, 0.4) is 0 Å². The van der Waals surface area contributed by atoms with E-state index in [1.165, 1.54) is 193 Å². The van der Waals surface area contributed by atoms with Gasteiger partial charge in [-0.25, -0.2) is 0 Å². The summed E-state index contributed by atoms with van der Waals surface area (Å²) in [7, 11) is 0. The van der Waals surface area contributed by atoms with Crippen molar-refractivity contribution in [2.45, 2.75) is 316 Å². The van der Waals surface area contributed by atoms with E-state index in [0.717, 1.165) is 77.0 Å². The molecule has 0 bridgehead atoms. The van der Waals surface area contributed by atoms with Crippen molar-refractivity contribution in [3.05, 3.63) is 36.5 Å². The van der Waals surface area contributed by atoms with Gasteiger partial charge in [0.2, 0.25) is 0 Å². The Balaban J connectivity index is 4.26. The van der Waals surface area contributed by atoms with Crippen LogP contribution >= 0.6 is 0 Å². The summed E-state index contributed by atoms with van der Waals surface area (Å²) in [5, 5.41) is 0. The third kappa shape index (κ3) is 52.6. The third-order valence-electron chi connectivity index (χ3n) is 12.9. The number of carbonyl (C=O) groups is 3. The average molecular weight is 928 g/mol. The van der Waals surface area contributed by atoms with Gasteiger partial charge in [0.1, 0.15) is 13.2 Å². The van der Waals surface area contributed by atoms with E-state index >= 15 is 0 Å². The van der Waals surface area contributed by atoms with Crippen molar-refractivity contribution in [2.24, 2.45) is 0 Å². The highest BCUT2D eigenvalue weighted by molar-refractivity contribution is 5.71. The van der Waals surface area contributed by atoms with E-state index in [0.29, 0.717) is 19.3 Å². The lowest BCUT2D eigenvalue weighted by Gasteiger charge is -2.18. The minimum Gasteiger partial charge on any atom is -0.462 e. The lowest BCUT2D eigenvalue weighted by atomic mass is 10.0. The van der Waals surface area contributed by atoms with E-state index in [1.54, 1.807) is 0 Å². The lowest BCUT2D eigenvalue weighted by molar-refractivity contribution is -0.167. The molecule has 0 rings (SSSR count). The van der Waals surface area contributed by atoms with E-state index in [1.807, 2.05) is 0 Å². The Morgan fingerprint density at radius 2 is 0.545 bits per heavy atom. The summed E-state index contributed by atoms with van der Waals surface area (Å²) >= 11 is 0. The molecule has 0 aromatic rings. The van der Waals surface area contributed by atoms with Gasteiger partial charge in [0.05, 0.1) is 0 Å². The highest BCUT2D eigenvalue weighted by Crippen LogP contribution is 2.16. The van der Waals surface area contributed by atoms with Gasteiger partial charge in [-0.05, 0) is 57.8 Å². The van der Waals surface area contributed by atoms with Crippen molar-refractivity contribution in [1.29, 1.82) is 0 Å². The number of ether oxygens (including phenoxy) is 3. The number of allylic oxidation sites excluding steroid dienone is 6. The zero-order valence-corrected chi connectivity index (χ0v) is 44.2. The van der Waals surface area contributed by atoms with E-state index in [-0.39, 0.29) is 31.1 Å². The highest BCUT2D eigenvalue weighted by atomic mass is 16.6. The van der Waals surface area contributed by atoms with Crippen molar-refractivity contribution in [1.82, 2.24) is 0 Å². The molecular weight excluding hydrogens is 817 g/mol. The fourth-order valence-corrected chi connectivity index (χ4v) is 8.51. The maximum Gasteiger partial charge on any atom is 0.306 e. The molecule has 0 saturated heterocycles. The molecule has 0 aliphatic heterocycles. The maximum atomic E-state index is 12.8. The normalized spacial score (nSPS) is 12.2. The number of unbranched alkanes of at least 4 members (excludes halogenated alkanes) is 36. The number of hydrogen-bond donors (Lipinski definition) is 0. The van der Waals surface area contributed by atoms with Gasteiger partial charge in [-0.3, -0.25) is 14.4 Å². The summed E-state index contributed by atoms with van der Waals surface area (Å²) in [6, 6.07) is 0. The SMILES string of the molecule is CCCCCCC/C=C\C/C=C\C/C=C\CCCCCCCCCCC(=O)OCC(COC(=O)CCCCCCCCCCCCC)OC(=O)CCCCCCCCCCCCCCCC. The van der Waals surface area contributed by atoms with Gasteiger partial charge in [-0.2, -0.15) is 0 Å². The third-order valence-corrected chi connectivity index (χ3v) is 12.9. The van der Waals surface area contributed by atoms with Crippen LogP contribution in [0.15, 0.2) is 36.5 Å². The predicted molar refractivity (Wildman–Crippen MR) is 284 cm³/mol. The second-order valence-corrected chi connectivity index (χ2v) is 19.6. The van der Waals surface area contributed by atoms with Gasteiger partial charge in [0.15, 0.2) is 6.10 Å². The van der Waals surface area contributed by atoms with E-state index in [9.17, 15) is 14.4 Å². The summed E-state index contributed by atoms with van der Waals surface area (Å²) in [5.41, 5.74) is 0. The van der Waals surface area contributed by atoms with Crippen LogP contribution < -0.4 is 0 Å². The molecule has 6 heteroatoms. The molecule has 0 spiro atoms. The molecule has 386 valence electrons. The Morgan fingerprint density at radius 3 is 0.848 bits per heavy atom. The van der Waals surface area contributed by atoms with Gasteiger partial charge in [-0.1, -0.05) is 269 Å². The molecule has 0 heterocycles. The monoisotopic (exact) mass is 927 g/mol. The van der Waals surface area contributed by atoms with Crippen molar-refractivity contribution in [3.8, 4) is 0 Å². The molecule has 0 aliphatic carbocycles. The first-order valence-electron chi connectivity index (χ1n) is 29.0. The van der Waals surface area contributed by atoms with Crippen LogP contribution in [0.4, 0.5) is 0 Å². The molecule has 0 aliphatic rings. The maximum absolute atomic E-state index is 12.8. The fraction of sp³-hybridized carbons (Fsp3) is 0.850. The topological polar surface area (TPSA) is 78.9 Å². The Kier molecular flexibility index (Phi) is 53.2. The van der Waals surface area contributed by atoms with E-state index in [4.69, 9.17) is 14.2 Å². The highest BCUT2D eigenvalue weighted by Gasteiger charge is 2.19. The van der Waals surface area contributed by atoms with Crippen LogP contribution in [0.1, 0.15) is 310 Å². The minimum atomic E-state index is -0.770. The van der Waals surface area contributed by atoms with Crippen LogP contribution in [0.2, 0.25) is 0 Å². The van der Waals surface area contributed by atoms with Crippen molar-refractivity contribution >= 4 is 17.9 Å². The van der Waals surface area contributed by atoms with Crippen molar-refractivity contribution in [3.63, 3.8) is 0 Å². The van der Waals surface area contributed by atoms with Crippen LogP contribution in [0, 0.1) is 0 Å². The van der Waals surface area contributed by atoms with E-state index in [2.05, 4.69) is 57.2 Å². The second-order valence-electron chi connectivity index (χ2n) is 19.6. The number of hydrogen-bond acceptors (Lipinski definition) is 6. The van der Waals surface area contributed by atoms with E-state index < -0.39 is 6.10 Å². The molecular formula is C60H110O6. The van der Waals surface area contributed by atoms with Crippen molar-refractivity contribution in [2.75, 3.05) is 13.2 Å². The molecule has 0 aromatic heterocycles. The Hall–Kier alpha value is -2.37. The summed E-state index contributed by atoms with van der Waals surface area (Å²) in [4.78, 5) is 38.1. The lowest BCUT2D eigenvalue weighted by Crippen LogP contribution is -2.30. The molecule has 0 aromatic carbocycles. The zero-order valence-electron chi connectivity index (χ0n) is 44.2. The molecule has 0 radical (unpaired) electrons. The summed E-state index contributed by atoms with van der Waals surface area (Å²) in [5.74, 6) is -0.861. The van der Waals surface area contributed by atoms with Crippen molar-refractivity contribution < 1.29 is 28.6 Å². The fourth-order valence-electron chi connectivity index (χ4n) is 8.51. The number of carbonyl (C=O) groups excluding carboxylic acids is 3. The Labute approximate surface area is 410 Å². The first-order chi connectivity index (χ1) is 32.5. The average Bonchev–Trinajstić information content (AvgIpc) is 3.31. The number of rotatable bonds is 53. The summed E-state index contributed by atoms with van der Waals surface area (Å²) in [6.45, 7) is 6.65. The van der Waals surface area contributed by atoms with Gasteiger partial charge < -0.3 is 14.2 Å². The first kappa shape index (κ1) is 63.6. The standard InChI is InChI=1S/C60H110O6/c1-4-7-10-13-16-19-22-24-26-27-28-29-30-31-32-33-34-36-38-41-44-47-50-53-59(62)65-56-57(55-64-58(61)52-49-46-43-40-37-21-18-15-12-9-6-3)66-60(63)54-51-48-45-42-39-35-25-23-20-17-14-11-8-5-2/h22,24,27-28,30-31,57H,4-21,23,25-26,29,32-56H2,1-3H3/b24-22-,28-27-,31-30-. The Bertz CT molecular complexity index is 1110. The van der Waals surface area contributed by atoms with Gasteiger partial charge >= 0.3 is 17.9 Å². The molecule has 0 N–H and O–H groups in total. The molecule has 66 heavy (non-hydrogen) atoms. The molecule has 1 atom stereocenters. The first-order valence-corrected chi connectivity index (χ1v) is 29.0. The molecule has 6 nitrogen and oxygen atoms in total. The van der Waals surface area contributed by atoms with Crippen LogP contribution in [0.25, 0.3) is 0 Å². The van der Waals surface area contributed by atoms with Crippen LogP contribution in [-0.4, -0.2) is 37.2 Å². The van der Waals surface area contributed by atoms with Gasteiger partial charge in [0.25, 0.3) is 0 Å². The quantitative estimate of drug-likeness (QED) is 0.0262. The van der Waals surface area contributed by atoms with Gasteiger partial charge in [0, 0.05) is 19.3 Å². The Morgan fingerprint density at radius 1 is 0.303 bits per heavy atom. The number of esters is 3. The molecule has 0 saturated carbocycles. The van der Waals surface area contributed by atoms with Gasteiger partial charge in [-0.15, -0.1) is 0 Å². The minimum absolute atomic E-state index is 0.0697. The predicted octanol–water partition coefficient (Wildman–Crippen LogP) is 19.3. The second kappa shape index (κ2) is 55.2. The zero-order chi connectivity index (χ0) is 47.9. The van der Waals surface area contributed by atoms with Crippen LogP contribution in [-0.2, 0) is 28.6 Å². The largest absolute Gasteiger partial charge is 0.462 e.